The Morgan fingerprint density at radius 2 is 1.64 bits per heavy atom. The third kappa shape index (κ3) is 4.58. The summed E-state index contributed by atoms with van der Waals surface area (Å²) in [5.74, 6) is -0.476. The number of imide groups is 1. The van der Waals surface area contributed by atoms with Gasteiger partial charge < -0.3 is 15.5 Å². The summed E-state index contributed by atoms with van der Waals surface area (Å²) >= 11 is 0. The molecule has 0 saturated heterocycles. The standard InChI is InChI=1S/C26H32N4O3/c1-4-29(5-2)20-12-14-23(17(3)15-20)28-26(33)27-18-11-13-21-22(16-18)25(32)30(24(21)31)19-9-7-6-8-10-19/h11-16,19H,4-10H2,1-3H3,(H2,27,28,33). The van der Waals surface area contributed by atoms with E-state index in [1.165, 1.54) is 4.90 Å². The summed E-state index contributed by atoms with van der Waals surface area (Å²) in [4.78, 5) is 42.1. The molecule has 4 rings (SSSR count). The number of urea groups is 1. The number of fused-ring (bicyclic) bond motifs is 1. The monoisotopic (exact) mass is 448 g/mol. The van der Waals surface area contributed by atoms with Crippen LogP contribution in [-0.4, -0.2) is 41.9 Å². The Balaban J connectivity index is 1.45. The summed E-state index contributed by atoms with van der Waals surface area (Å²) in [6.07, 6.45) is 4.97. The molecule has 1 aliphatic carbocycles. The van der Waals surface area contributed by atoms with E-state index in [1.807, 2.05) is 19.1 Å². The molecule has 0 unspecified atom stereocenters. The Bertz CT molecular complexity index is 1070. The zero-order valence-electron chi connectivity index (χ0n) is 19.6. The molecule has 2 aromatic carbocycles. The van der Waals surface area contributed by atoms with Gasteiger partial charge in [0.2, 0.25) is 0 Å². The number of aryl methyl sites for hydroxylation is 1. The van der Waals surface area contributed by atoms with Crippen molar-refractivity contribution in [3.05, 3.63) is 53.1 Å². The van der Waals surface area contributed by atoms with E-state index in [1.54, 1.807) is 18.2 Å². The summed E-state index contributed by atoms with van der Waals surface area (Å²) in [6, 6.07) is 10.5. The Morgan fingerprint density at radius 1 is 0.939 bits per heavy atom. The van der Waals surface area contributed by atoms with E-state index in [9.17, 15) is 14.4 Å². The van der Waals surface area contributed by atoms with Crippen LogP contribution in [0.4, 0.5) is 21.9 Å². The molecule has 0 radical (unpaired) electrons. The summed E-state index contributed by atoms with van der Waals surface area (Å²) < 4.78 is 0. The van der Waals surface area contributed by atoms with E-state index in [0.717, 1.165) is 62.1 Å². The summed E-state index contributed by atoms with van der Waals surface area (Å²) in [6.45, 7) is 8.02. The lowest BCUT2D eigenvalue weighted by atomic mass is 9.94. The van der Waals surface area contributed by atoms with E-state index >= 15 is 0 Å². The number of benzene rings is 2. The highest BCUT2D eigenvalue weighted by atomic mass is 16.2. The van der Waals surface area contributed by atoms with Gasteiger partial charge in [0, 0.05) is 36.2 Å². The van der Waals surface area contributed by atoms with Crippen molar-refractivity contribution in [1.82, 2.24) is 4.90 Å². The summed E-state index contributed by atoms with van der Waals surface area (Å²) in [5.41, 5.74) is 4.07. The topological polar surface area (TPSA) is 81.8 Å². The number of carbonyl (C=O) groups excluding carboxylic acids is 3. The van der Waals surface area contributed by atoms with Gasteiger partial charge in [0.25, 0.3) is 11.8 Å². The van der Waals surface area contributed by atoms with Gasteiger partial charge in [0.1, 0.15) is 0 Å². The fraction of sp³-hybridized carbons (Fsp3) is 0.423. The highest BCUT2D eigenvalue weighted by Gasteiger charge is 2.40. The van der Waals surface area contributed by atoms with E-state index in [-0.39, 0.29) is 17.9 Å². The lowest BCUT2D eigenvalue weighted by Gasteiger charge is -2.29. The molecule has 0 bridgehead atoms. The molecular weight excluding hydrogens is 416 g/mol. The molecule has 2 aliphatic rings. The quantitative estimate of drug-likeness (QED) is 0.579. The number of carbonyl (C=O) groups is 3. The largest absolute Gasteiger partial charge is 0.372 e. The van der Waals surface area contributed by atoms with Crippen LogP contribution >= 0.6 is 0 Å². The molecule has 1 saturated carbocycles. The molecule has 2 aromatic rings. The smallest absolute Gasteiger partial charge is 0.323 e. The van der Waals surface area contributed by atoms with Gasteiger partial charge in [-0.15, -0.1) is 0 Å². The number of nitrogens with zero attached hydrogens (tertiary/aromatic N) is 2. The summed E-state index contributed by atoms with van der Waals surface area (Å²) in [5, 5.41) is 5.67. The first-order chi connectivity index (χ1) is 15.9. The van der Waals surface area contributed by atoms with E-state index in [2.05, 4.69) is 35.4 Å². The van der Waals surface area contributed by atoms with Crippen molar-refractivity contribution in [2.75, 3.05) is 28.6 Å². The first kappa shape index (κ1) is 22.8. The SMILES string of the molecule is CCN(CC)c1ccc(NC(=O)Nc2ccc3c(c2)C(=O)N(C2CCCCC2)C3=O)c(C)c1. The minimum Gasteiger partial charge on any atom is -0.372 e. The van der Waals surface area contributed by atoms with Crippen molar-refractivity contribution in [2.45, 2.75) is 58.9 Å². The zero-order valence-corrected chi connectivity index (χ0v) is 19.6. The molecule has 7 nitrogen and oxygen atoms in total. The Kier molecular flexibility index (Phi) is 6.67. The van der Waals surface area contributed by atoms with E-state index < -0.39 is 6.03 Å². The van der Waals surface area contributed by atoms with E-state index in [4.69, 9.17) is 0 Å². The maximum Gasteiger partial charge on any atom is 0.323 e. The number of rotatable bonds is 6. The molecule has 0 aromatic heterocycles. The lowest BCUT2D eigenvalue weighted by Crippen LogP contribution is -2.40. The predicted molar refractivity (Wildman–Crippen MR) is 131 cm³/mol. The van der Waals surface area contributed by atoms with Gasteiger partial charge in [-0.25, -0.2) is 4.79 Å². The lowest BCUT2D eigenvalue weighted by molar-refractivity contribution is 0.0549. The number of hydrogen-bond donors (Lipinski definition) is 2. The average molecular weight is 449 g/mol. The fourth-order valence-corrected chi connectivity index (χ4v) is 4.87. The molecule has 2 N–H and O–H groups in total. The second-order valence-electron chi connectivity index (χ2n) is 8.78. The predicted octanol–water partition coefficient (Wildman–Crippen LogP) is 5.41. The van der Waals surface area contributed by atoms with Gasteiger partial charge >= 0.3 is 6.03 Å². The van der Waals surface area contributed by atoms with Crippen LogP contribution < -0.4 is 15.5 Å². The van der Waals surface area contributed by atoms with Gasteiger partial charge in [-0.1, -0.05) is 19.3 Å². The van der Waals surface area contributed by atoms with Crippen molar-refractivity contribution in [1.29, 1.82) is 0 Å². The number of anilines is 3. The molecule has 7 heteroatoms. The van der Waals surface area contributed by atoms with Crippen LogP contribution in [0, 0.1) is 6.92 Å². The van der Waals surface area contributed by atoms with Gasteiger partial charge in [0.15, 0.2) is 0 Å². The van der Waals surface area contributed by atoms with Crippen molar-refractivity contribution < 1.29 is 14.4 Å². The number of hydrogen-bond acceptors (Lipinski definition) is 4. The Labute approximate surface area is 195 Å². The third-order valence-corrected chi connectivity index (χ3v) is 6.70. The normalized spacial score (nSPS) is 16.0. The molecule has 33 heavy (non-hydrogen) atoms. The van der Waals surface area contributed by atoms with Crippen molar-refractivity contribution in [3.8, 4) is 0 Å². The van der Waals surface area contributed by atoms with E-state index in [0.29, 0.717) is 16.8 Å². The van der Waals surface area contributed by atoms with Crippen LogP contribution in [0.25, 0.3) is 0 Å². The Hall–Kier alpha value is -3.35. The van der Waals surface area contributed by atoms with Crippen LogP contribution in [0.2, 0.25) is 0 Å². The Morgan fingerprint density at radius 3 is 2.30 bits per heavy atom. The van der Waals surface area contributed by atoms with Crippen molar-refractivity contribution in [3.63, 3.8) is 0 Å². The highest BCUT2D eigenvalue weighted by Crippen LogP contribution is 2.32. The van der Waals surface area contributed by atoms with Gasteiger partial charge in [-0.3, -0.25) is 14.5 Å². The fourth-order valence-electron chi connectivity index (χ4n) is 4.87. The van der Waals surface area contributed by atoms with Gasteiger partial charge in [-0.2, -0.15) is 0 Å². The minimum atomic E-state index is -0.394. The van der Waals surface area contributed by atoms with Crippen LogP contribution in [-0.2, 0) is 0 Å². The van der Waals surface area contributed by atoms with Crippen LogP contribution in [0.3, 0.4) is 0 Å². The van der Waals surface area contributed by atoms with Crippen molar-refractivity contribution >= 4 is 34.9 Å². The molecule has 0 atom stereocenters. The summed E-state index contributed by atoms with van der Waals surface area (Å²) in [7, 11) is 0. The zero-order chi connectivity index (χ0) is 23.5. The molecule has 0 spiro atoms. The van der Waals surface area contributed by atoms with Crippen LogP contribution in [0.15, 0.2) is 36.4 Å². The minimum absolute atomic E-state index is 0.0202. The maximum atomic E-state index is 13.0. The molecule has 1 aliphatic heterocycles. The first-order valence-corrected chi connectivity index (χ1v) is 11.9. The molecule has 1 heterocycles. The first-order valence-electron chi connectivity index (χ1n) is 11.9. The molecule has 4 amide bonds. The van der Waals surface area contributed by atoms with Crippen molar-refractivity contribution in [2.24, 2.45) is 0 Å². The second-order valence-corrected chi connectivity index (χ2v) is 8.78. The van der Waals surface area contributed by atoms with Gasteiger partial charge in [0.05, 0.1) is 11.1 Å². The second kappa shape index (κ2) is 9.65. The van der Waals surface area contributed by atoms with Crippen LogP contribution in [0.5, 0.6) is 0 Å². The third-order valence-electron chi connectivity index (χ3n) is 6.70. The molecule has 1 fully saturated rings. The number of nitrogens with one attached hydrogen (secondary N) is 2. The maximum absolute atomic E-state index is 13.0. The highest BCUT2D eigenvalue weighted by molar-refractivity contribution is 6.22. The molecular formula is C26H32N4O3. The number of amides is 4. The average Bonchev–Trinajstić information content (AvgIpc) is 3.06. The van der Waals surface area contributed by atoms with Gasteiger partial charge in [-0.05, 0) is 75.6 Å². The molecule has 174 valence electrons. The van der Waals surface area contributed by atoms with Crippen LogP contribution in [0.1, 0.15) is 72.2 Å².